The Morgan fingerprint density at radius 3 is 2.41 bits per heavy atom. The number of methoxy groups -OCH3 is 2. The molecule has 0 aliphatic carbocycles. The van der Waals surface area contributed by atoms with Crippen molar-refractivity contribution in [3.63, 3.8) is 0 Å². The summed E-state index contributed by atoms with van der Waals surface area (Å²) in [5, 5.41) is 4.67. The van der Waals surface area contributed by atoms with E-state index in [1.807, 2.05) is 62.4 Å². The third-order valence-electron chi connectivity index (χ3n) is 5.33. The first-order valence-corrected chi connectivity index (χ1v) is 11.1. The summed E-state index contributed by atoms with van der Waals surface area (Å²) in [4.78, 5) is 30.0. The van der Waals surface area contributed by atoms with E-state index < -0.39 is 12.0 Å². The summed E-state index contributed by atoms with van der Waals surface area (Å²) < 4.78 is 12.0. The topological polar surface area (TPSA) is 86.6 Å². The number of nitrogens with zero attached hydrogens (tertiary/aromatic N) is 4. The van der Waals surface area contributed by atoms with Gasteiger partial charge >= 0.3 is 5.97 Å². The van der Waals surface area contributed by atoms with Crippen molar-refractivity contribution in [2.24, 2.45) is 5.92 Å². The summed E-state index contributed by atoms with van der Waals surface area (Å²) in [5.41, 5.74) is 2.73. The van der Waals surface area contributed by atoms with Gasteiger partial charge in [-0.3, -0.25) is 19.4 Å². The Labute approximate surface area is 199 Å². The lowest BCUT2D eigenvalue weighted by atomic mass is 10.0. The minimum atomic E-state index is -0.758. The molecule has 0 aliphatic heterocycles. The Kier molecular flexibility index (Phi) is 8.56. The molecule has 2 aromatic heterocycles. The van der Waals surface area contributed by atoms with Gasteiger partial charge in [0.25, 0.3) is 0 Å². The van der Waals surface area contributed by atoms with E-state index in [1.165, 1.54) is 12.0 Å². The first-order chi connectivity index (χ1) is 16.5. The molecule has 2 heterocycles. The molecule has 0 saturated carbocycles. The maximum Gasteiger partial charge on any atom is 0.329 e. The summed E-state index contributed by atoms with van der Waals surface area (Å²) in [6, 6.07) is 12.5. The van der Waals surface area contributed by atoms with Gasteiger partial charge in [0.2, 0.25) is 6.41 Å². The standard InChI is InChI=1S/C26H30N4O4/c1-19(2)16-24(26(32)34-4)29(18-31)25-17-23(21-11-13-27-14-12-21)30(28-25)15-5-6-20-7-9-22(33-3)10-8-20/h5-14,17-19,24H,15-16H2,1-4H3/t24-/m0/s1. The van der Waals surface area contributed by atoms with Gasteiger partial charge in [0.15, 0.2) is 5.82 Å². The number of hydrogen-bond donors (Lipinski definition) is 0. The Morgan fingerprint density at radius 2 is 1.82 bits per heavy atom. The number of hydrogen-bond acceptors (Lipinski definition) is 6. The highest BCUT2D eigenvalue weighted by molar-refractivity contribution is 5.88. The van der Waals surface area contributed by atoms with E-state index in [9.17, 15) is 9.59 Å². The second kappa shape index (κ2) is 11.8. The number of carbonyl (C=O) groups is 2. The number of aromatic nitrogens is 3. The van der Waals surface area contributed by atoms with Gasteiger partial charge in [-0.25, -0.2) is 4.79 Å². The number of rotatable bonds is 11. The third kappa shape index (κ3) is 6.10. The fraction of sp³-hybridized carbons (Fsp3) is 0.308. The van der Waals surface area contributed by atoms with Crippen molar-refractivity contribution in [3.05, 3.63) is 66.5 Å². The molecule has 178 valence electrons. The van der Waals surface area contributed by atoms with Crippen molar-refractivity contribution < 1.29 is 19.1 Å². The molecule has 1 atom stereocenters. The van der Waals surface area contributed by atoms with Gasteiger partial charge in [-0.15, -0.1) is 0 Å². The van der Waals surface area contributed by atoms with Crippen LogP contribution in [0.4, 0.5) is 5.82 Å². The molecule has 0 aliphatic rings. The number of pyridine rings is 1. The van der Waals surface area contributed by atoms with Crippen molar-refractivity contribution in [1.82, 2.24) is 14.8 Å². The molecule has 0 fully saturated rings. The fourth-order valence-corrected chi connectivity index (χ4v) is 3.62. The largest absolute Gasteiger partial charge is 0.497 e. The Morgan fingerprint density at radius 1 is 1.12 bits per heavy atom. The van der Waals surface area contributed by atoms with Crippen molar-refractivity contribution in [1.29, 1.82) is 0 Å². The molecule has 8 heteroatoms. The highest BCUT2D eigenvalue weighted by atomic mass is 16.5. The molecule has 0 spiro atoms. The van der Waals surface area contributed by atoms with Crippen LogP contribution in [0.1, 0.15) is 25.8 Å². The summed E-state index contributed by atoms with van der Waals surface area (Å²) in [7, 11) is 2.96. The van der Waals surface area contributed by atoms with E-state index in [0.29, 0.717) is 25.2 Å². The summed E-state index contributed by atoms with van der Waals surface area (Å²) in [6.45, 7) is 4.44. The first kappa shape index (κ1) is 24.7. The number of carbonyl (C=O) groups excluding carboxylic acids is 2. The van der Waals surface area contributed by atoms with Crippen molar-refractivity contribution in [2.45, 2.75) is 32.9 Å². The fourth-order valence-electron chi connectivity index (χ4n) is 3.62. The molecule has 34 heavy (non-hydrogen) atoms. The lowest BCUT2D eigenvalue weighted by Gasteiger charge is -2.25. The predicted octanol–water partition coefficient (Wildman–Crippen LogP) is 4.22. The second-order valence-electron chi connectivity index (χ2n) is 8.16. The number of anilines is 1. The lowest BCUT2D eigenvalue weighted by Crippen LogP contribution is -2.42. The number of amides is 1. The van der Waals surface area contributed by atoms with Gasteiger partial charge in [0.1, 0.15) is 11.8 Å². The van der Waals surface area contributed by atoms with Crippen LogP contribution in [0.25, 0.3) is 17.3 Å². The van der Waals surface area contributed by atoms with E-state index >= 15 is 0 Å². The molecule has 3 aromatic rings. The summed E-state index contributed by atoms with van der Waals surface area (Å²) >= 11 is 0. The monoisotopic (exact) mass is 462 g/mol. The smallest absolute Gasteiger partial charge is 0.329 e. The van der Waals surface area contributed by atoms with Crippen LogP contribution in [-0.2, 0) is 20.9 Å². The zero-order chi connectivity index (χ0) is 24.5. The van der Waals surface area contributed by atoms with Gasteiger partial charge in [-0.1, -0.05) is 38.1 Å². The van der Waals surface area contributed by atoms with Gasteiger partial charge < -0.3 is 9.47 Å². The number of esters is 1. The maximum atomic E-state index is 12.5. The van der Waals surface area contributed by atoms with Gasteiger partial charge in [-0.05, 0) is 42.2 Å². The van der Waals surface area contributed by atoms with E-state index in [-0.39, 0.29) is 5.92 Å². The van der Waals surface area contributed by atoms with Crippen LogP contribution in [0.3, 0.4) is 0 Å². The lowest BCUT2D eigenvalue weighted by molar-refractivity contribution is -0.143. The molecule has 1 amide bonds. The highest BCUT2D eigenvalue weighted by Gasteiger charge is 2.30. The van der Waals surface area contributed by atoms with Gasteiger partial charge in [0, 0.05) is 24.0 Å². The molecule has 0 saturated heterocycles. The first-order valence-electron chi connectivity index (χ1n) is 11.1. The zero-order valence-electron chi connectivity index (χ0n) is 19.9. The van der Waals surface area contributed by atoms with Crippen LogP contribution in [-0.4, -0.2) is 47.4 Å². The van der Waals surface area contributed by atoms with E-state index in [4.69, 9.17) is 9.47 Å². The van der Waals surface area contributed by atoms with Gasteiger partial charge in [0.05, 0.1) is 26.5 Å². The Balaban J connectivity index is 1.95. The molecule has 0 radical (unpaired) electrons. The molecular weight excluding hydrogens is 432 g/mol. The Bertz CT molecular complexity index is 1110. The van der Waals surface area contributed by atoms with Crippen molar-refractivity contribution >= 4 is 24.3 Å². The molecule has 0 bridgehead atoms. The number of ether oxygens (including phenoxy) is 2. The quantitative estimate of drug-likeness (QED) is 0.313. The maximum absolute atomic E-state index is 12.5. The van der Waals surface area contributed by atoms with Crippen LogP contribution in [0.15, 0.2) is 60.9 Å². The molecule has 8 nitrogen and oxygen atoms in total. The van der Waals surface area contributed by atoms with Crippen LogP contribution >= 0.6 is 0 Å². The predicted molar refractivity (Wildman–Crippen MR) is 131 cm³/mol. The number of benzene rings is 1. The minimum Gasteiger partial charge on any atom is -0.497 e. The highest BCUT2D eigenvalue weighted by Crippen LogP contribution is 2.27. The molecule has 0 unspecified atom stereocenters. The second-order valence-corrected chi connectivity index (χ2v) is 8.16. The van der Waals surface area contributed by atoms with E-state index in [1.54, 1.807) is 30.3 Å². The summed E-state index contributed by atoms with van der Waals surface area (Å²) in [6.07, 6.45) is 8.48. The zero-order valence-corrected chi connectivity index (χ0v) is 19.9. The molecule has 3 rings (SSSR count). The van der Waals surface area contributed by atoms with Crippen LogP contribution < -0.4 is 9.64 Å². The number of allylic oxidation sites excluding steroid dienone is 1. The third-order valence-corrected chi connectivity index (χ3v) is 5.33. The van der Waals surface area contributed by atoms with Crippen LogP contribution in [0, 0.1) is 5.92 Å². The van der Waals surface area contributed by atoms with E-state index in [2.05, 4.69) is 10.1 Å². The molecule has 1 aromatic carbocycles. The minimum absolute atomic E-state index is 0.181. The van der Waals surface area contributed by atoms with Crippen molar-refractivity contribution in [2.75, 3.05) is 19.1 Å². The average Bonchev–Trinajstić information content (AvgIpc) is 3.28. The van der Waals surface area contributed by atoms with E-state index in [0.717, 1.165) is 22.6 Å². The van der Waals surface area contributed by atoms with Gasteiger partial charge in [-0.2, -0.15) is 5.10 Å². The van der Waals surface area contributed by atoms with Crippen LogP contribution in [0.2, 0.25) is 0 Å². The SMILES string of the molecule is COC(=O)[C@H](CC(C)C)N(C=O)c1cc(-c2ccncc2)n(CC=Cc2ccc(OC)cc2)n1. The molecule has 0 N–H and O–H groups in total. The Hall–Kier alpha value is -3.94. The van der Waals surface area contributed by atoms with Crippen molar-refractivity contribution in [3.8, 4) is 17.0 Å². The van der Waals surface area contributed by atoms with Crippen LogP contribution in [0.5, 0.6) is 5.75 Å². The average molecular weight is 463 g/mol. The summed E-state index contributed by atoms with van der Waals surface area (Å²) in [5.74, 6) is 0.890. The normalized spacial score (nSPS) is 12.0. The molecular formula is C26H30N4O4.